The van der Waals surface area contributed by atoms with E-state index in [1.807, 2.05) is 26.0 Å². The van der Waals surface area contributed by atoms with Gasteiger partial charge in [-0.05, 0) is 49.9 Å². The number of ketones is 1. The van der Waals surface area contributed by atoms with E-state index in [0.717, 1.165) is 35.3 Å². The molecule has 1 aromatic carbocycles. The number of hydrogen-bond donors (Lipinski definition) is 1. The Balaban J connectivity index is 2.25. The summed E-state index contributed by atoms with van der Waals surface area (Å²) in [7, 11) is 1.65. The highest BCUT2D eigenvalue weighted by Crippen LogP contribution is 2.31. The molecular weight excluding hydrogens is 214 g/mol. The second kappa shape index (κ2) is 4.49. The molecule has 1 aliphatic rings. The first-order valence-corrected chi connectivity index (χ1v) is 5.98. The van der Waals surface area contributed by atoms with Crippen molar-refractivity contribution in [3.63, 3.8) is 0 Å². The zero-order valence-electron chi connectivity index (χ0n) is 10.6. The van der Waals surface area contributed by atoms with Crippen LogP contribution in [0.4, 0.5) is 0 Å². The van der Waals surface area contributed by atoms with Crippen molar-refractivity contribution in [2.45, 2.75) is 32.7 Å². The summed E-state index contributed by atoms with van der Waals surface area (Å²) in [5, 5.41) is 0. The molecule has 3 heteroatoms. The second-order valence-corrected chi connectivity index (χ2v) is 4.94. The molecule has 0 radical (unpaired) electrons. The number of benzene rings is 1. The lowest BCUT2D eigenvalue weighted by molar-refractivity contribution is 0.0832. The molecule has 17 heavy (non-hydrogen) atoms. The van der Waals surface area contributed by atoms with Gasteiger partial charge in [0.2, 0.25) is 0 Å². The number of carbonyl (C=O) groups excluding carboxylic acids is 1. The quantitative estimate of drug-likeness (QED) is 0.814. The molecule has 0 atom stereocenters. The first-order chi connectivity index (χ1) is 8.02. The molecule has 0 heterocycles. The monoisotopic (exact) mass is 233 g/mol. The SMILES string of the molecule is COc1c(C)cc(C(=O)C2CC(N)C2)cc1C. The van der Waals surface area contributed by atoms with Gasteiger partial charge >= 0.3 is 0 Å². The predicted molar refractivity (Wildman–Crippen MR) is 67.5 cm³/mol. The molecule has 0 amide bonds. The summed E-state index contributed by atoms with van der Waals surface area (Å²) in [6.45, 7) is 3.93. The average Bonchev–Trinajstić information content (AvgIpc) is 2.23. The third kappa shape index (κ3) is 2.20. The zero-order valence-corrected chi connectivity index (χ0v) is 10.6. The number of hydrogen-bond acceptors (Lipinski definition) is 3. The summed E-state index contributed by atoms with van der Waals surface area (Å²) >= 11 is 0. The van der Waals surface area contributed by atoms with Crippen molar-refractivity contribution in [2.75, 3.05) is 7.11 Å². The molecule has 1 fully saturated rings. The largest absolute Gasteiger partial charge is 0.496 e. The van der Waals surface area contributed by atoms with E-state index in [2.05, 4.69) is 0 Å². The third-order valence-corrected chi connectivity index (χ3v) is 3.49. The molecule has 2 rings (SSSR count). The van der Waals surface area contributed by atoms with Gasteiger partial charge < -0.3 is 10.5 Å². The van der Waals surface area contributed by atoms with Crippen LogP contribution in [0, 0.1) is 19.8 Å². The Kier molecular flexibility index (Phi) is 3.20. The minimum atomic E-state index is 0.122. The van der Waals surface area contributed by atoms with Gasteiger partial charge in [0.15, 0.2) is 5.78 Å². The van der Waals surface area contributed by atoms with Crippen molar-refractivity contribution in [1.29, 1.82) is 0 Å². The summed E-state index contributed by atoms with van der Waals surface area (Å²) in [6.07, 6.45) is 1.64. The molecule has 92 valence electrons. The van der Waals surface area contributed by atoms with Gasteiger partial charge in [-0.15, -0.1) is 0 Å². The van der Waals surface area contributed by atoms with Crippen LogP contribution < -0.4 is 10.5 Å². The van der Waals surface area contributed by atoms with Gasteiger partial charge in [-0.25, -0.2) is 0 Å². The summed E-state index contributed by atoms with van der Waals surface area (Å²) in [6, 6.07) is 4.04. The summed E-state index contributed by atoms with van der Waals surface area (Å²) in [5.41, 5.74) is 8.53. The van der Waals surface area contributed by atoms with E-state index in [9.17, 15) is 4.79 Å². The molecule has 0 unspecified atom stereocenters. The normalized spacial score (nSPS) is 23.1. The van der Waals surface area contributed by atoms with E-state index in [4.69, 9.17) is 10.5 Å². The maximum Gasteiger partial charge on any atom is 0.166 e. The fraction of sp³-hybridized carbons (Fsp3) is 0.500. The van der Waals surface area contributed by atoms with Crippen molar-refractivity contribution in [3.8, 4) is 5.75 Å². The lowest BCUT2D eigenvalue weighted by atomic mass is 9.76. The fourth-order valence-electron chi connectivity index (χ4n) is 2.53. The number of nitrogens with two attached hydrogens (primary N) is 1. The minimum Gasteiger partial charge on any atom is -0.496 e. The summed E-state index contributed by atoms with van der Waals surface area (Å²) in [4.78, 5) is 12.2. The van der Waals surface area contributed by atoms with Crippen LogP contribution in [-0.2, 0) is 0 Å². The van der Waals surface area contributed by atoms with Crippen LogP contribution in [-0.4, -0.2) is 18.9 Å². The highest BCUT2D eigenvalue weighted by Gasteiger charge is 2.32. The van der Waals surface area contributed by atoms with Crippen molar-refractivity contribution in [2.24, 2.45) is 11.7 Å². The molecule has 2 N–H and O–H groups in total. The van der Waals surface area contributed by atoms with Crippen molar-refractivity contribution in [3.05, 3.63) is 28.8 Å². The predicted octanol–water partition coefficient (Wildman–Crippen LogP) is 2.23. The van der Waals surface area contributed by atoms with Gasteiger partial charge in [-0.3, -0.25) is 4.79 Å². The Morgan fingerprint density at radius 2 is 1.82 bits per heavy atom. The van der Waals surface area contributed by atoms with E-state index in [-0.39, 0.29) is 17.7 Å². The van der Waals surface area contributed by atoms with Gasteiger partial charge in [-0.1, -0.05) is 0 Å². The van der Waals surface area contributed by atoms with Crippen LogP contribution >= 0.6 is 0 Å². The van der Waals surface area contributed by atoms with E-state index in [1.54, 1.807) is 7.11 Å². The summed E-state index contributed by atoms with van der Waals surface area (Å²) < 4.78 is 5.30. The van der Waals surface area contributed by atoms with Crippen LogP contribution in [0.5, 0.6) is 5.75 Å². The van der Waals surface area contributed by atoms with Crippen LogP contribution in [0.15, 0.2) is 12.1 Å². The second-order valence-electron chi connectivity index (χ2n) is 4.94. The molecule has 1 aromatic rings. The molecule has 0 bridgehead atoms. The van der Waals surface area contributed by atoms with Crippen molar-refractivity contribution >= 4 is 5.78 Å². The first kappa shape index (κ1) is 12.1. The maximum atomic E-state index is 12.2. The Bertz CT molecular complexity index is 425. The van der Waals surface area contributed by atoms with Crippen LogP contribution in [0.3, 0.4) is 0 Å². The Morgan fingerprint density at radius 3 is 2.24 bits per heavy atom. The van der Waals surface area contributed by atoms with E-state index >= 15 is 0 Å². The van der Waals surface area contributed by atoms with Crippen molar-refractivity contribution < 1.29 is 9.53 Å². The van der Waals surface area contributed by atoms with Crippen LogP contribution in [0.1, 0.15) is 34.3 Å². The van der Waals surface area contributed by atoms with Gasteiger partial charge in [0.25, 0.3) is 0 Å². The molecule has 1 aliphatic carbocycles. The minimum absolute atomic E-state index is 0.122. The molecule has 0 saturated heterocycles. The topological polar surface area (TPSA) is 52.3 Å². The average molecular weight is 233 g/mol. The molecule has 0 spiro atoms. The fourth-order valence-corrected chi connectivity index (χ4v) is 2.53. The molecule has 3 nitrogen and oxygen atoms in total. The smallest absolute Gasteiger partial charge is 0.166 e. The van der Waals surface area contributed by atoms with Gasteiger partial charge in [0, 0.05) is 17.5 Å². The Hall–Kier alpha value is -1.35. The number of methoxy groups -OCH3 is 1. The molecular formula is C14H19NO2. The lowest BCUT2D eigenvalue weighted by Gasteiger charge is -2.31. The first-order valence-electron chi connectivity index (χ1n) is 5.98. The van der Waals surface area contributed by atoms with E-state index in [0.29, 0.717) is 0 Å². The van der Waals surface area contributed by atoms with Gasteiger partial charge in [0.1, 0.15) is 5.75 Å². The number of aryl methyl sites for hydroxylation is 2. The highest BCUT2D eigenvalue weighted by atomic mass is 16.5. The van der Waals surface area contributed by atoms with Crippen molar-refractivity contribution in [1.82, 2.24) is 0 Å². The molecule has 0 aromatic heterocycles. The van der Waals surface area contributed by atoms with Gasteiger partial charge in [0.05, 0.1) is 7.11 Å². The lowest BCUT2D eigenvalue weighted by Crippen LogP contribution is -2.40. The standard InChI is InChI=1S/C14H19NO2/c1-8-4-10(5-9(2)14(8)17-3)13(16)11-6-12(15)7-11/h4-5,11-12H,6-7,15H2,1-3H3. The number of carbonyl (C=O) groups is 1. The molecule has 1 saturated carbocycles. The van der Waals surface area contributed by atoms with Gasteiger partial charge in [-0.2, -0.15) is 0 Å². The number of rotatable bonds is 3. The number of ether oxygens (including phenoxy) is 1. The Labute approximate surface area is 102 Å². The maximum absolute atomic E-state index is 12.2. The zero-order chi connectivity index (χ0) is 12.6. The molecule has 0 aliphatic heterocycles. The summed E-state index contributed by atoms with van der Waals surface area (Å²) in [5.74, 6) is 1.21. The Morgan fingerprint density at radius 1 is 1.29 bits per heavy atom. The van der Waals surface area contributed by atoms with E-state index in [1.165, 1.54) is 0 Å². The third-order valence-electron chi connectivity index (χ3n) is 3.49. The number of Topliss-reactive ketones (excluding diaryl/α,β-unsaturated/α-hetero) is 1. The van der Waals surface area contributed by atoms with Crippen LogP contribution in [0.25, 0.3) is 0 Å². The van der Waals surface area contributed by atoms with Crippen LogP contribution in [0.2, 0.25) is 0 Å². The van der Waals surface area contributed by atoms with E-state index < -0.39 is 0 Å². The highest BCUT2D eigenvalue weighted by molar-refractivity contribution is 5.99.